The molecular formula is C22H24N2O3S. The standard InChI is InChI=1S/C22H24N2O3S/c1-3-4-13-5-7-14(8-6-13)19-12(2)28-22(23-19)24-20(25)17-15-9-10-16(11-15)18(17)21(26)27/h5-10,15-18H,3-4,11H2,1-2H3,(H,26,27)(H,23,24,25). The quantitative estimate of drug-likeness (QED) is 0.703. The summed E-state index contributed by atoms with van der Waals surface area (Å²) in [7, 11) is 0. The Morgan fingerprint density at radius 1 is 1.18 bits per heavy atom. The van der Waals surface area contributed by atoms with Crippen molar-refractivity contribution >= 4 is 28.3 Å². The fourth-order valence-electron chi connectivity index (χ4n) is 4.54. The van der Waals surface area contributed by atoms with E-state index in [0.717, 1.165) is 35.4 Å². The molecule has 1 aromatic carbocycles. The highest BCUT2D eigenvalue weighted by atomic mass is 32.1. The van der Waals surface area contributed by atoms with Gasteiger partial charge in [0.05, 0.1) is 17.5 Å². The number of carbonyl (C=O) groups excluding carboxylic acids is 1. The number of amides is 1. The van der Waals surface area contributed by atoms with Crippen molar-refractivity contribution in [1.29, 1.82) is 0 Å². The molecule has 28 heavy (non-hydrogen) atoms. The van der Waals surface area contributed by atoms with Gasteiger partial charge in [-0.25, -0.2) is 4.98 Å². The molecule has 4 rings (SSSR count). The summed E-state index contributed by atoms with van der Waals surface area (Å²) < 4.78 is 0. The molecule has 5 nitrogen and oxygen atoms in total. The molecule has 2 aromatic rings. The van der Waals surface area contributed by atoms with E-state index in [1.165, 1.54) is 16.9 Å². The maximum Gasteiger partial charge on any atom is 0.307 e. The summed E-state index contributed by atoms with van der Waals surface area (Å²) in [5.41, 5.74) is 3.20. The van der Waals surface area contributed by atoms with E-state index in [-0.39, 0.29) is 17.7 Å². The van der Waals surface area contributed by atoms with E-state index in [2.05, 4.69) is 41.5 Å². The Morgan fingerprint density at radius 2 is 1.86 bits per heavy atom. The van der Waals surface area contributed by atoms with Crippen LogP contribution in [-0.4, -0.2) is 22.0 Å². The van der Waals surface area contributed by atoms with Gasteiger partial charge in [-0.2, -0.15) is 0 Å². The summed E-state index contributed by atoms with van der Waals surface area (Å²) in [5.74, 6) is -2.30. The summed E-state index contributed by atoms with van der Waals surface area (Å²) in [4.78, 5) is 30.1. The molecule has 0 aliphatic heterocycles. The van der Waals surface area contributed by atoms with Crippen LogP contribution in [-0.2, 0) is 16.0 Å². The Balaban J connectivity index is 1.52. The monoisotopic (exact) mass is 396 g/mol. The van der Waals surface area contributed by atoms with Crippen molar-refractivity contribution in [3.63, 3.8) is 0 Å². The number of rotatable bonds is 6. The first-order valence-corrected chi connectivity index (χ1v) is 10.6. The van der Waals surface area contributed by atoms with Gasteiger partial charge in [0.15, 0.2) is 5.13 Å². The van der Waals surface area contributed by atoms with Gasteiger partial charge in [-0.05, 0) is 37.2 Å². The van der Waals surface area contributed by atoms with E-state index in [1.54, 1.807) is 0 Å². The SMILES string of the molecule is CCCc1ccc(-c2nc(NC(=O)C3C4C=CC(C4)C3C(=O)O)sc2C)cc1. The van der Waals surface area contributed by atoms with E-state index in [1.807, 2.05) is 19.1 Å². The molecule has 1 saturated carbocycles. The Kier molecular flexibility index (Phi) is 5.06. The highest BCUT2D eigenvalue weighted by Gasteiger charge is 2.51. The van der Waals surface area contributed by atoms with E-state index >= 15 is 0 Å². The number of aliphatic carboxylic acids is 1. The molecule has 6 heteroatoms. The summed E-state index contributed by atoms with van der Waals surface area (Å²) in [6.45, 7) is 4.15. The number of aromatic nitrogens is 1. The van der Waals surface area contributed by atoms with Crippen molar-refractivity contribution in [2.24, 2.45) is 23.7 Å². The van der Waals surface area contributed by atoms with Crippen molar-refractivity contribution < 1.29 is 14.7 Å². The summed E-state index contributed by atoms with van der Waals surface area (Å²) >= 11 is 1.43. The number of hydrogen-bond donors (Lipinski definition) is 2. The zero-order chi connectivity index (χ0) is 19.8. The number of anilines is 1. The minimum atomic E-state index is -0.889. The fraction of sp³-hybridized carbons (Fsp3) is 0.409. The Bertz CT molecular complexity index is 932. The predicted octanol–water partition coefficient (Wildman–Crippen LogP) is 4.53. The van der Waals surface area contributed by atoms with Crippen LogP contribution < -0.4 is 5.32 Å². The maximum absolute atomic E-state index is 12.9. The average molecular weight is 397 g/mol. The zero-order valence-electron chi connectivity index (χ0n) is 16.0. The number of carbonyl (C=O) groups is 2. The number of carboxylic acids is 1. The largest absolute Gasteiger partial charge is 0.481 e. The topological polar surface area (TPSA) is 79.3 Å². The lowest BCUT2D eigenvalue weighted by Crippen LogP contribution is -2.36. The third-order valence-corrected chi connectivity index (χ3v) is 6.73. The third-order valence-electron chi connectivity index (χ3n) is 5.84. The van der Waals surface area contributed by atoms with Crippen LogP contribution in [0.25, 0.3) is 11.3 Å². The van der Waals surface area contributed by atoms with Crippen LogP contribution in [0.3, 0.4) is 0 Å². The maximum atomic E-state index is 12.9. The molecule has 0 radical (unpaired) electrons. The second-order valence-electron chi connectivity index (χ2n) is 7.70. The van der Waals surface area contributed by atoms with Crippen molar-refractivity contribution in [3.8, 4) is 11.3 Å². The zero-order valence-corrected chi connectivity index (χ0v) is 16.8. The molecule has 1 fully saturated rings. The molecule has 146 valence electrons. The number of benzene rings is 1. The van der Waals surface area contributed by atoms with Crippen molar-refractivity contribution in [1.82, 2.24) is 4.98 Å². The van der Waals surface area contributed by atoms with Crippen LogP contribution in [0.4, 0.5) is 5.13 Å². The number of carboxylic acid groups (broad SMARTS) is 1. The third kappa shape index (κ3) is 3.37. The first kappa shape index (κ1) is 18.9. The first-order chi connectivity index (χ1) is 13.5. The van der Waals surface area contributed by atoms with Gasteiger partial charge in [0.25, 0.3) is 0 Å². The number of nitrogens with one attached hydrogen (secondary N) is 1. The predicted molar refractivity (Wildman–Crippen MR) is 110 cm³/mol. The van der Waals surface area contributed by atoms with Gasteiger partial charge >= 0.3 is 5.97 Å². The van der Waals surface area contributed by atoms with Crippen LogP contribution >= 0.6 is 11.3 Å². The molecule has 0 saturated heterocycles. The second kappa shape index (κ2) is 7.51. The lowest BCUT2D eigenvalue weighted by atomic mass is 9.82. The van der Waals surface area contributed by atoms with Gasteiger partial charge in [0, 0.05) is 10.4 Å². The summed E-state index contributed by atoms with van der Waals surface area (Å²) in [5, 5.41) is 13.0. The second-order valence-corrected chi connectivity index (χ2v) is 8.90. The summed E-state index contributed by atoms with van der Waals surface area (Å²) in [6, 6.07) is 8.38. The lowest BCUT2D eigenvalue weighted by molar-refractivity contribution is -0.146. The highest BCUT2D eigenvalue weighted by Crippen LogP contribution is 2.48. The minimum absolute atomic E-state index is 0.0118. The normalized spacial score (nSPS) is 25.2. The van der Waals surface area contributed by atoms with Gasteiger partial charge in [-0.1, -0.05) is 49.8 Å². The van der Waals surface area contributed by atoms with Crippen LogP contribution in [0.1, 0.15) is 30.2 Å². The van der Waals surface area contributed by atoms with E-state index in [4.69, 9.17) is 0 Å². The lowest BCUT2D eigenvalue weighted by Gasteiger charge is -2.23. The highest BCUT2D eigenvalue weighted by molar-refractivity contribution is 7.16. The number of fused-ring (bicyclic) bond motifs is 2. The van der Waals surface area contributed by atoms with E-state index in [9.17, 15) is 14.7 Å². The number of nitrogens with zero attached hydrogens (tertiary/aromatic N) is 1. The molecule has 1 amide bonds. The Labute approximate surface area is 168 Å². The van der Waals surface area contributed by atoms with Gasteiger partial charge in [0.2, 0.25) is 5.91 Å². The molecule has 4 atom stereocenters. The van der Waals surface area contributed by atoms with Crippen LogP contribution in [0.2, 0.25) is 0 Å². The molecule has 1 heterocycles. The Hall–Kier alpha value is -2.47. The van der Waals surface area contributed by atoms with Gasteiger partial charge in [-0.3, -0.25) is 9.59 Å². The number of thiazole rings is 1. The van der Waals surface area contributed by atoms with Gasteiger partial charge in [0.1, 0.15) is 0 Å². The van der Waals surface area contributed by atoms with Crippen molar-refractivity contribution in [2.45, 2.75) is 33.1 Å². The average Bonchev–Trinajstić information content (AvgIpc) is 3.37. The van der Waals surface area contributed by atoms with Gasteiger partial charge < -0.3 is 10.4 Å². The van der Waals surface area contributed by atoms with Crippen LogP contribution in [0.5, 0.6) is 0 Å². The Morgan fingerprint density at radius 3 is 2.50 bits per heavy atom. The van der Waals surface area contributed by atoms with Crippen LogP contribution in [0.15, 0.2) is 36.4 Å². The smallest absolute Gasteiger partial charge is 0.307 e. The molecule has 1 aromatic heterocycles. The molecule has 2 aliphatic rings. The molecule has 0 spiro atoms. The van der Waals surface area contributed by atoms with Crippen molar-refractivity contribution in [2.75, 3.05) is 5.32 Å². The molecular weight excluding hydrogens is 372 g/mol. The van der Waals surface area contributed by atoms with E-state index in [0.29, 0.717) is 5.13 Å². The number of allylic oxidation sites excluding steroid dienone is 2. The summed E-state index contributed by atoms with van der Waals surface area (Å²) in [6.07, 6.45) is 6.86. The molecule has 2 bridgehead atoms. The van der Waals surface area contributed by atoms with E-state index < -0.39 is 17.8 Å². The molecule has 4 unspecified atom stereocenters. The van der Waals surface area contributed by atoms with Crippen LogP contribution in [0, 0.1) is 30.6 Å². The van der Waals surface area contributed by atoms with Crippen molar-refractivity contribution in [3.05, 3.63) is 46.9 Å². The van der Waals surface area contributed by atoms with Gasteiger partial charge in [-0.15, -0.1) is 11.3 Å². The first-order valence-electron chi connectivity index (χ1n) is 9.76. The molecule has 2 aliphatic carbocycles. The molecule has 2 N–H and O–H groups in total. The fourth-order valence-corrected chi connectivity index (χ4v) is 5.38. The number of hydrogen-bond acceptors (Lipinski definition) is 4. The minimum Gasteiger partial charge on any atom is -0.481 e. The number of aryl methyl sites for hydroxylation is 2.